The molecule has 0 fully saturated rings. The molecule has 0 aliphatic carbocycles. The summed E-state index contributed by atoms with van der Waals surface area (Å²) in [4.78, 5) is 20.2. The summed E-state index contributed by atoms with van der Waals surface area (Å²) >= 11 is 0. The number of para-hydroxylation sites is 1. The Morgan fingerprint density at radius 2 is 1.62 bits per heavy atom. The number of ether oxygens (including phenoxy) is 1. The van der Waals surface area contributed by atoms with Crippen molar-refractivity contribution in [3.05, 3.63) is 29.8 Å². The molecule has 0 saturated carbocycles. The van der Waals surface area contributed by atoms with Crippen LogP contribution in [0.1, 0.15) is 19.4 Å². The lowest BCUT2D eigenvalue weighted by Crippen LogP contribution is -2.02. The highest BCUT2D eigenvalue weighted by atomic mass is 28.2. The Bertz CT molecular complexity index is 363. The van der Waals surface area contributed by atoms with E-state index in [9.17, 15) is 9.59 Å². The van der Waals surface area contributed by atoms with Crippen molar-refractivity contribution in [3.8, 4) is 5.75 Å². The zero-order chi connectivity index (χ0) is 12.6. The molecule has 88 valence electrons. The van der Waals surface area contributed by atoms with E-state index >= 15 is 0 Å². The molecule has 5 heteroatoms. The molecular weight excluding hydrogens is 224 g/mol. The first-order chi connectivity index (χ1) is 7.47. The van der Waals surface area contributed by atoms with Gasteiger partial charge in [-0.2, -0.15) is 0 Å². The molecule has 0 N–H and O–H groups in total. The molecule has 0 atom stereocenters. The van der Waals surface area contributed by atoms with Crippen molar-refractivity contribution in [1.29, 1.82) is 0 Å². The fourth-order valence-electron chi connectivity index (χ4n) is 0.826. The Balaban J connectivity index is 0.000000385. The van der Waals surface area contributed by atoms with Crippen LogP contribution in [0.25, 0.3) is 0 Å². The standard InChI is InChI=1S/C9H10O2.C2H6O2Si/c1-7-5-3-4-6-9(7)11-8(2)10;1-2(3)4-5/h3-6H,1-2H3;1,5H3. The molecule has 0 aromatic heterocycles. The first-order valence-electron chi connectivity index (χ1n) is 4.76. The monoisotopic (exact) mass is 240 g/mol. The highest BCUT2D eigenvalue weighted by Crippen LogP contribution is 2.15. The lowest BCUT2D eigenvalue weighted by Gasteiger charge is -2.02. The van der Waals surface area contributed by atoms with Gasteiger partial charge in [-0.05, 0) is 18.6 Å². The van der Waals surface area contributed by atoms with Crippen molar-refractivity contribution in [3.63, 3.8) is 0 Å². The van der Waals surface area contributed by atoms with Gasteiger partial charge in [-0.1, -0.05) is 18.2 Å². The Hall–Kier alpha value is -1.62. The summed E-state index contributed by atoms with van der Waals surface area (Å²) in [6, 6.07) is 7.42. The van der Waals surface area contributed by atoms with Gasteiger partial charge in [-0.3, -0.25) is 9.59 Å². The van der Waals surface area contributed by atoms with Crippen molar-refractivity contribution in [2.75, 3.05) is 0 Å². The maximum Gasteiger partial charge on any atom is 0.308 e. The van der Waals surface area contributed by atoms with Crippen molar-refractivity contribution in [1.82, 2.24) is 0 Å². The first kappa shape index (κ1) is 14.4. The average molecular weight is 240 g/mol. The second-order valence-corrected chi connectivity index (χ2v) is 3.46. The molecule has 0 unspecified atom stereocenters. The van der Waals surface area contributed by atoms with Crippen LogP contribution in [-0.2, 0) is 14.0 Å². The number of rotatable bonds is 1. The van der Waals surface area contributed by atoms with E-state index in [1.165, 1.54) is 13.8 Å². The molecule has 0 aliphatic heterocycles. The van der Waals surface area contributed by atoms with Gasteiger partial charge in [0.1, 0.15) is 5.75 Å². The van der Waals surface area contributed by atoms with E-state index in [2.05, 4.69) is 4.43 Å². The van der Waals surface area contributed by atoms with Gasteiger partial charge in [-0.15, -0.1) is 0 Å². The number of aryl methyl sites for hydroxylation is 1. The van der Waals surface area contributed by atoms with E-state index in [1.807, 2.05) is 25.1 Å². The summed E-state index contributed by atoms with van der Waals surface area (Å²) < 4.78 is 9.16. The minimum Gasteiger partial charge on any atom is -0.529 e. The highest BCUT2D eigenvalue weighted by Gasteiger charge is 1.99. The second kappa shape index (κ2) is 7.64. The first-order valence-corrected chi connectivity index (χ1v) is 5.57. The minimum absolute atomic E-state index is 0.184. The van der Waals surface area contributed by atoms with Crippen LogP contribution < -0.4 is 4.74 Å². The zero-order valence-electron chi connectivity index (χ0n) is 9.94. The van der Waals surface area contributed by atoms with Crippen LogP contribution in [0, 0.1) is 6.92 Å². The number of hydrogen-bond donors (Lipinski definition) is 0. The predicted octanol–water partition coefficient (Wildman–Crippen LogP) is 0.750. The Morgan fingerprint density at radius 3 is 2.00 bits per heavy atom. The van der Waals surface area contributed by atoms with Crippen molar-refractivity contribution >= 4 is 22.4 Å². The molecule has 1 aromatic rings. The van der Waals surface area contributed by atoms with Crippen molar-refractivity contribution in [2.24, 2.45) is 0 Å². The van der Waals surface area contributed by atoms with Gasteiger partial charge >= 0.3 is 5.97 Å². The van der Waals surface area contributed by atoms with Gasteiger partial charge in [-0.25, -0.2) is 0 Å². The Labute approximate surface area is 98.1 Å². The van der Waals surface area contributed by atoms with Crippen LogP contribution in [0.4, 0.5) is 0 Å². The maximum absolute atomic E-state index is 10.5. The normalized spacial score (nSPS) is 8.69. The molecule has 16 heavy (non-hydrogen) atoms. The predicted molar refractivity (Wildman–Crippen MR) is 64.2 cm³/mol. The third-order valence-electron chi connectivity index (χ3n) is 1.63. The van der Waals surface area contributed by atoms with Crippen LogP contribution in [-0.4, -0.2) is 22.4 Å². The smallest absolute Gasteiger partial charge is 0.308 e. The Morgan fingerprint density at radius 1 is 1.12 bits per heavy atom. The van der Waals surface area contributed by atoms with E-state index in [-0.39, 0.29) is 11.9 Å². The number of hydrogen-bond acceptors (Lipinski definition) is 4. The summed E-state index contributed by atoms with van der Waals surface area (Å²) in [7, 11) is 0.524. The summed E-state index contributed by atoms with van der Waals surface area (Å²) in [5, 5.41) is 0. The van der Waals surface area contributed by atoms with E-state index in [0.29, 0.717) is 16.2 Å². The third-order valence-corrected chi connectivity index (χ3v) is 2.21. The molecular formula is C11H16O4Si. The molecule has 0 bridgehead atoms. The summed E-state index contributed by atoms with van der Waals surface area (Å²) in [6.45, 7) is 4.69. The summed E-state index contributed by atoms with van der Waals surface area (Å²) in [5.74, 6) is 0.177. The van der Waals surface area contributed by atoms with E-state index in [1.54, 1.807) is 6.07 Å². The Kier molecular flexibility index (Phi) is 6.87. The molecule has 0 aliphatic rings. The average Bonchev–Trinajstić information content (AvgIpc) is 2.22. The molecule has 0 spiro atoms. The van der Waals surface area contributed by atoms with E-state index in [4.69, 9.17) is 4.74 Å². The molecule has 1 rings (SSSR count). The highest BCUT2D eigenvalue weighted by molar-refractivity contribution is 6.04. The largest absolute Gasteiger partial charge is 0.529 e. The fraction of sp³-hybridized carbons (Fsp3) is 0.273. The van der Waals surface area contributed by atoms with Crippen LogP contribution >= 0.6 is 0 Å². The topological polar surface area (TPSA) is 52.6 Å². The number of carbonyl (C=O) groups is 2. The van der Waals surface area contributed by atoms with Crippen LogP contribution in [0.2, 0.25) is 0 Å². The zero-order valence-corrected chi connectivity index (χ0v) is 11.9. The summed E-state index contributed by atoms with van der Waals surface area (Å²) in [5.41, 5.74) is 0.975. The minimum atomic E-state index is -0.278. The molecule has 0 saturated heterocycles. The molecule has 1 aromatic carbocycles. The van der Waals surface area contributed by atoms with E-state index < -0.39 is 0 Å². The van der Waals surface area contributed by atoms with Gasteiger partial charge in [0.15, 0.2) is 0 Å². The quantitative estimate of drug-likeness (QED) is 0.413. The van der Waals surface area contributed by atoms with Gasteiger partial charge in [0.2, 0.25) is 10.5 Å². The third kappa shape index (κ3) is 6.78. The lowest BCUT2D eigenvalue weighted by molar-refractivity contribution is -0.132. The van der Waals surface area contributed by atoms with Gasteiger partial charge < -0.3 is 9.16 Å². The van der Waals surface area contributed by atoms with Crippen LogP contribution in [0.3, 0.4) is 0 Å². The van der Waals surface area contributed by atoms with Crippen LogP contribution in [0.5, 0.6) is 5.75 Å². The number of esters is 1. The second-order valence-electron chi connectivity index (χ2n) is 3.05. The van der Waals surface area contributed by atoms with Gasteiger partial charge in [0.25, 0.3) is 5.97 Å². The van der Waals surface area contributed by atoms with Gasteiger partial charge in [0, 0.05) is 13.8 Å². The number of carbonyl (C=O) groups excluding carboxylic acids is 2. The van der Waals surface area contributed by atoms with Gasteiger partial charge in [0.05, 0.1) is 0 Å². The summed E-state index contributed by atoms with van der Waals surface area (Å²) in [6.07, 6.45) is 0. The molecule has 4 nitrogen and oxygen atoms in total. The van der Waals surface area contributed by atoms with E-state index in [0.717, 1.165) is 5.56 Å². The lowest BCUT2D eigenvalue weighted by atomic mass is 10.2. The number of benzene rings is 1. The molecule has 0 amide bonds. The van der Waals surface area contributed by atoms with Crippen molar-refractivity contribution < 1.29 is 18.8 Å². The van der Waals surface area contributed by atoms with Crippen molar-refractivity contribution in [2.45, 2.75) is 20.8 Å². The fourth-order valence-corrected chi connectivity index (χ4v) is 0.826. The SMILES string of the molecule is CC(=O)O[SiH3].CC(=O)Oc1ccccc1C. The molecule has 0 heterocycles. The van der Waals surface area contributed by atoms with Crippen LogP contribution in [0.15, 0.2) is 24.3 Å². The maximum atomic E-state index is 10.5. The molecule has 0 radical (unpaired) electrons.